The van der Waals surface area contributed by atoms with Crippen molar-refractivity contribution in [3.05, 3.63) is 0 Å². The largest absolute Gasteiger partial charge is 0.444 e. The molecule has 2 rings (SSSR count). The van der Waals surface area contributed by atoms with Gasteiger partial charge in [-0.1, -0.05) is 25.7 Å². The number of carbonyl (C=O) groups is 1. The molecule has 0 aromatic heterocycles. The zero-order valence-electron chi connectivity index (χ0n) is 14.8. The maximum atomic E-state index is 11.7. The van der Waals surface area contributed by atoms with E-state index in [0.29, 0.717) is 12.1 Å². The minimum atomic E-state index is -0.417. The van der Waals surface area contributed by atoms with Gasteiger partial charge in [-0.3, -0.25) is 0 Å². The van der Waals surface area contributed by atoms with E-state index < -0.39 is 5.60 Å². The van der Waals surface area contributed by atoms with Gasteiger partial charge in [-0.15, -0.1) is 0 Å². The van der Waals surface area contributed by atoms with Gasteiger partial charge in [0.25, 0.3) is 0 Å². The van der Waals surface area contributed by atoms with Crippen molar-refractivity contribution in [2.45, 2.75) is 103 Å². The van der Waals surface area contributed by atoms with E-state index in [1.807, 2.05) is 20.8 Å². The molecule has 4 heteroatoms. The van der Waals surface area contributed by atoms with E-state index in [4.69, 9.17) is 4.74 Å². The molecule has 0 heterocycles. The SMILES string of the molecule is C[C@H](NC1CC(NC(=O)OC(C)(C)C)C1)C1CCCCCC1. The molecule has 128 valence electrons. The first-order chi connectivity index (χ1) is 10.3. The van der Waals surface area contributed by atoms with Crippen molar-refractivity contribution in [2.24, 2.45) is 5.92 Å². The van der Waals surface area contributed by atoms with Gasteiger partial charge >= 0.3 is 6.09 Å². The minimum Gasteiger partial charge on any atom is -0.444 e. The fraction of sp³-hybridized carbons (Fsp3) is 0.944. The standard InChI is InChI=1S/C18H34N2O2/c1-13(14-9-7-5-6-8-10-14)19-15-11-16(12-15)20-17(21)22-18(2,3)4/h13-16,19H,5-12H2,1-4H3,(H,20,21)/t13-,15?,16?/m0/s1. The second-order valence-electron chi connectivity index (χ2n) is 8.22. The third-order valence-corrected chi connectivity index (χ3v) is 4.96. The van der Waals surface area contributed by atoms with Gasteiger partial charge in [0, 0.05) is 18.1 Å². The number of rotatable bonds is 4. The van der Waals surface area contributed by atoms with Crippen molar-refractivity contribution in [3.8, 4) is 0 Å². The van der Waals surface area contributed by atoms with E-state index in [1.54, 1.807) is 0 Å². The number of alkyl carbamates (subject to hydrolysis) is 1. The maximum Gasteiger partial charge on any atom is 0.407 e. The molecule has 2 aliphatic rings. The van der Waals surface area contributed by atoms with Crippen molar-refractivity contribution in [2.75, 3.05) is 0 Å². The molecule has 4 nitrogen and oxygen atoms in total. The van der Waals surface area contributed by atoms with Gasteiger partial charge in [0.1, 0.15) is 5.60 Å². The lowest BCUT2D eigenvalue weighted by molar-refractivity contribution is 0.0461. The van der Waals surface area contributed by atoms with Crippen LogP contribution in [-0.2, 0) is 4.74 Å². The summed E-state index contributed by atoms with van der Waals surface area (Å²) in [5, 5.41) is 6.74. The molecule has 0 aromatic rings. The van der Waals surface area contributed by atoms with Crippen LogP contribution < -0.4 is 10.6 Å². The molecule has 22 heavy (non-hydrogen) atoms. The highest BCUT2D eigenvalue weighted by Gasteiger charge is 2.33. The van der Waals surface area contributed by atoms with Crippen molar-refractivity contribution in [1.82, 2.24) is 10.6 Å². The molecule has 0 unspecified atom stereocenters. The highest BCUT2D eigenvalue weighted by molar-refractivity contribution is 5.68. The van der Waals surface area contributed by atoms with Crippen molar-refractivity contribution in [3.63, 3.8) is 0 Å². The van der Waals surface area contributed by atoms with E-state index >= 15 is 0 Å². The summed E-state index contributed by atoms with van der Waals surface area (Å²) in [7, 11) is 0. The monoisotopic (exact) mass is 310 g/mol. The number of hydrogen-bond acceptors (Lipinski definition) is 3. The van der Waals surface area contributed by atoms with Gasteiger partial charge < -0.3 is 15.4 Å². The first-order valence-electron chi connectivity index (χ1n) is 9.09. The molecule has 0 bridgehead atoms. The zero-order chi connectivity index (χ0) is 16.2. The second kappa shape index (κ2) is 7.67. The highest BCUT2D eigenvalue weighted by Crippen LogP contribution is 2.28. The lowest BCUT2D eigenvalue weighted by Crippen LogP contribution is -2.55. The quantitative estimate of drug-likeness (QED) is 0.772. The van der Waals surface area contributed by atoms with Crippen LogP contribution in [0, 0.1) is 5.92 Å². The summed E-state index contributed by atoms with van der Waals surface area (Å²) in [4.78, 5) is 11.7. The van der Waals surface area contributed by atoms with E-state index in [1.165, 1.54) is 38.5 Å². The Kier molecular flexibility index (Phi) is 6.13. The third kappa shape index (κ3) is 5.79. The average Bonchev–Trinajstić information content (AvgIpc) is 2.62. The molecule has 2 fully saturated rings. The van der Waals surface area contributed by atoms with Crippen molar-refractivity contribution in [1.29, 1.82) is 0 Å². The van der Waals surface area contributed by atoms with Crippen LogP contribution in [0.1, 0.15) is 79.1 Å². The molecule has 0 radical (unpaired) electrons. The van der Waals surface area contributed by atoms with Crippen LogP contribution in [0.25, 0.3) is 0 Å². The molecule has 2 saturated carbocycles. The first kappa shape index (κ1) is 17.6. The molecule has 0 aliphatic heterocycles. The molecule has 1 atom stereocenters. The number of hydrogen-bond donors (Lipinski definition) is 2. The van der Waals surface area contributed by atoms with E-state index in [9.17, 15) is 4.79 Å². The lowest BCUT2D eigenvalue weighted by atomic mass is 9.84. The van der Waals surface area contributed by atoms with E-state index in [0.717, 1.165) is 18.8 Å². The molecular formula is C18H34N2O2. The Morgan fingerprint density at radius 2 is 1.64 bits per heavy atom. The van der Waals surface area contributed by atoms with Gasteiger partial charge in [-0.25, -0.2) is 4.79 Å². The molecule has 0 saturated heterocycles. The topological polar surface area (TPSA) is 50.4 Å². The smallest absolute Gasteiger partial charge is 0.407 e. The number of amides is 1. The van der Waals surface area contributed by atoms with Gasteiger partial charge in [-0.05, 0) is 59.3 Å². The predicted molar refractivity (Wildman–Crippen MR) is 90.0 cm³/mol. The Morgan fingerprint density at radius 3 is 2.18 bits per heavy atom. The normalized spacial score (nSPS) is 28.4. The third-order valence-electron chi connectivity index (χ3n) is 4.96. The summed E-state index contributed by atoms with van der Waals surface area (Å²) in [5.74, 6) is 0.834. The summed E-state index contributed by atoms with van der Waals surface area (Å²) in [6, 6.07) is 1.43. The van der Waals surface area contributed by atoms with Gasteiger partial charge in [-0.2, -0.15) is 0 Å². The molecular weight excluding hydrogens is 276 g/mol. The summed E-state index contributed by atoms with van der Waals surface area (Å²) in [6.07, 6.45) is 10.1. The van der Waals surface area contributed by atoms with E-state index in [-0.39, 0.29) is 12.1 Å². The predicted octanol–water partition coefficient (Wildman–Crippen LogP) is 3.99. The van der Waals surface area contributed by atoms with Crippen LogP contribution >= 0.6 is 0 Å². The van der Waals surface area contributed by atoms with Crippen LogP contribution in [0.15, 0.2) is 0 Å². The lowest BCUT2D eigenvalue weighted by Gasteiger charge is -2.39. The van der Waals surface area contributed by atoms with E-state index in [2.05, 4.69) is 17.6 Å². The number of nitrogens with one attached hydrogen (secondary N) is 2. The van der Waals surface area contributed by atoms with Crippen molar-refractivity contribution >= 4 is 6.09 Å². The maximum absolute atomic E-state index is 11.7. The van der Waals surface area contributed by atoms with Gasteiger partial charge in [0.2, 0.25) is 0 Å². The van der Waals surface area contributed by atoms with Crippen LogP contribution in [0.4, 0.5) is 4.79 Å². The summed E-state index contributed by atoms with van der Waals surface area (Å²) in [5.41, 5.74) is -0.417. The number of carbonyl (C=O) groups excluding carboxylic acids is 1. The minimum absolute atomic E-state index is 0.272. The Balaban J connectivity index is 1.63. The summed E-state index contributed by atoms with van der Waals surface area (Å²) < 4.78 is 5.30. The van der Waals surface area contributed by atoms with Crippen LogP contribution in [0.5, 0.6) is 0 Å². The summed E-state index contributed by atoms with van der Waals surface area (Å²) in [6.45, 7) is 8.02. The fourth-order valence-electron chi connectivity index (χ4n) is 3.66. The second-order valence-corrected chi connectivity index (χ2v) is 8.22. The van der Waals surface area contributed by atoms with Crippen molar-refractivity contribution < 1.29 is 9.53 Å². The molecule has 1 amide bonds. The fourth-order valence-corrected chi connectivity index (χ4v) is 3.66. The molecule has 0 spiro atoms. The molecule has 0 aromatic carbocycles. The summed E-state index contributed by atoms with van der Waals surface area (Å²) >= 11 is 0. The average molecular weight is 310 g/mol. The van der Waals surface area contributed by atoms with Gasteiger partial charge in [0.15, 0.2) is 0 Å². The first-order valence-corrected chi connectivity index (χ1v) is 9.09. The Bertz CT molecular complexity index is 351. The van der Waals surface area contributed by atoms with Gasteiger partial charge in [0.05, 0.1) is 0 Å². The van der Waals surface area contributed by atoms with Crippen LogP contribution in [-0.4, -0.2) is 29.8 Å². The van der Waals surface area contributed by atoms with Crippen LogP contribution in [0.3, 0.4) is 0 Å². The number of ether oxygens (including phenoxy) is 1. The Morgan fingerprint density at radius 1 is 1.05 bits per heavy atom. The highest BCUT2D eigenvalue weighted by atomic mass is 16.6. The molecule has 2 aliphatic carbocycles. The molecule has 2 N–H and O–H groups in total. The Hall–Kier alpha value is -0.770. The zero-order valence-corrected chi connectivity index (χ0v) is 14.8. The van der Waals surface area contributed by atoms with Crippen LogP contribution in [0.2, 0.25) is 0 Å². The Labute approximate surface area is 135 Å².